The highest BCUT2D eigenvalue weighted by Crippen LogP contribution is 2.23. The Hall–Kier alpha value is -1.87. The Labute approximate surface area is 130 Å². The minimum absolute atomic E-state index is 0.0133. The lowest BCUT2D eigenvalue weighted by atomic mass is 10.2. The number of nitrogens with two attached hydrogens (primary N) is 1. The Morgan fingerprint density at radius 1 is 1.48 bits per heavy atom. The summed E-state index contributed by atoms with van der Waals surface area (Å²) in [4.78, 5) is 13.4. The Bertz CT molecular complexity index is 746. The number of halogens is 2. The first-order valence-electron chi connectivity index (χ1n) is 6.07. The minimum Gasteiger partial charge on any atom is -0.321 e. The molecule has 2 aromatic rings. The van der Waals surface area contributed by atoms with Crippen LogP contribution in [0.2, 0.25) is 5.02 Å². The molecule has 0 aliphatic carbocycles. The van der Waals surface area contributed by atoms with Crippen molar-refractivity contribution in [2.75, 3.05) is 11.9 Å². The number of nitrogens with one attached hydrogen (secondary N) is 1. The van der Waals surface area contributed by atoms with Crippen LogP contribution >= 0.6 is 22.9 Å². The van der Waals surface area contributed by atoms with E-state index in [9.17, 15) is 9.18 Å². The zero-order valence-corrected chi connectivity index (χ0v) is 12.7. The molecule has 1 heterocycles. The number of benzene rings is 1. The summed E-state index contributed by atoms with van der Waals surface area (Å²) in [5.41, 5.74) is 6.59. The average molecular weight is 323 g/mol. The molecule has 0 radical (unpaired) electrons. The van der Waals surface area contributed by atoms with E-state index in [1.54, 1.807) is 12.1 Å². The van der Waals surface area contributed by atoms with E-state index in [-0.39, 0.29) is 17.5 Å². The maximum atomic E-state index is 13.3. The van der Waals surface area contributed by atoms with Gasteiger partial charge in [-0.05, 0) is 36.8 Å². The van der Waals surface area contributed by atoms with Gasteiger partial charge in [0, 0.05) is 5.69 Å². The van der Waals surface area contributed by atoms with E-state index in [0.29, 0.717) is 10.6 Å². The molecular formula is C15H12ClFN2OS. The predicted octanol–water partition coefficient (Wildman–Crippen LogP) is 3.41. The molecule has 0 bridgehead atoms. The van der Waals surface area contributed by atoms with E-state index >= 15 is 0 Å². The van der Waals surface area contributed by atoms with Crippen LogP contribution in [0.3, 0.4) is 0 Å². The monoisotopic (exact) mass is 322 g/mol. The minimum atomic E-state index is -0.577. The maximum Gasteiger partial charge on any atom is 0.265 e. The van der Waals surface area contributed by atoms with Crippen molar-refractivity contribution >= 4 is 34.5 Å². The fourth-order valence-corrected chi connectivity index (χ4v) is 2.68. The molecule has 1 aromatic carbocycles. The lowest BCUT2D eigenvalue weighted by Crippen LogP contribution is -2.10. The fraction of sp³-hybridized carbons (Fsp3) is 0.133. The van der Waals surface area contributed by atoms with Gasteiger partial charge < -0.3 is 11.1 Å². The highest BCUT2D eigenvalue weighted by Gasteiger charge is 2.12. The number of anilines is 1. The van der Waals surface area contributed by atoms with Crippen molar-refractivity contribution in [1.82, 2.24) is 0 Å². The van der Waals surface area contributed by atoms with E-state index in [1.807, 2.05) is 6.92 Å². The molecule has 2 rings (SSSR count). The summed E-state index contributed by atoms with van der Waals surface area (Å²) in [5.74, 6) is 4.78. The van der Waals surface area contributed by atoms with E-state index in [2.05, 4.69) is 17.2 Å². The van der Waals surface area contributed by atoms with Gasteiger partial charge in [-0.2, -0.15) is 0 Å². The lowest BCUT2D eigenvalue weighted by Gasteiger charge is -2.04. The second-order valence-electron chi connectivity index (χ2n) is 4.21. The first-order chi connectivity index (χ1) is 10.0. The molecule has 0 saturated heterocycles. The van der Waals surface area contributed by atoms with Crippen molar-refractivity contribution in [2.24, 2.45) is 5.73 Å². The Morgan fingerprint density at radius 2 is 2.24 bits per heavy atom. The highest BCUT2D eigenvalue weighted by molar-refractivity contribution is 7.14. The molecule has 3 nitrogen and oxygen atoms in total. The summed E-state index contributed by atoms with van der Waals surface area (Å²) in [6, 6.07) is 5.85. The second kappa shape index (κ2) is 6.72. The van der Waals surface area contributed by atoms with Crippen LogP contribution in [-0.2, 0) is 0 Å². The van der Waals surface area contributed by atoms with E-state index in [4.69, 9.17) is 17.3 Å². The largest absolute Gasteiger partial charge is 0.321 e. The van der Waals surface area contributed by atoms with Crippen LogP contribution in [0.1, 0.15) is 20.1 Å². The van der Waals surface area contributed by atoms with Gasteiger partial charge >= 0.3 is 0 Å². The van der Waals surface area contributed by atoms with Gasteiger partial charge in [-0.3, -0.25) is 4.79 Å². The summed E-state index contributed by atoms with van der Waals surface area (Å²) in [6.07, 6.45) is 0. The zero-order valence-electron chi connectivity index (χ0n) is 11.2. The highest BCUT2D eigenvalue weighted by atomic mass is 35.5. The number of thiophene rings is 1. The van der Waals surface area contributed by atoms with Crippen molar-refractivity contribution in [1.29, 1.82) is 0 Å². The molecule has 1 aromatic heterocycles. The molecule has 21 heavy (non-hydrogen) atoms. The molecule has 1 amide bonds. The van der Waals surface area contributed by atoms with E-state index < -0.39 is 5.82 Å². The van der Waals surface area contributed by atoms with Gasteiger partial charge in [-0.15, -0.1) is 11.3 Å². The van der Waals surface area contributed by atoms with Crippen LogP contribution in [0.25, 0.3) is 0 Å². The van der Waals surface area contributed by atoms with Crippen LogP contribution in [0, 0.1) is 24.6 Å². The van der Waals surface area contributed by atoms with Crippen LogP contribution in [0.5, 0.6) is 0 Å². The topological polar surface area (TPSA) is 55.1 Å². The summed E-state index contributed by atoms with van der Waals surface area (Å²) in [6.45, 7) is 2.14. The quantitative estimate of drug-likeness (QED) is 0.832. The number of carbonyl (C=O) groups is 1. The normalized spacial score (nSPS) is 9.90. The molecule has 0 spiro atoms. The van der Waals surface area contributed by atoms with Gasteiger partial charge in [-0.1, -0.05) is 23.4 Å². The summed E-state index contributed by atoms with van der Waals surface area (Å²) < 4.78 is 13.3. The number of hydrogen-bond acceptors (Lipinski definition) is 3. The van der Waals surface area contributed by atoms with Gasteiger partial charge in [0.05, 0.1) is 21.3 Å². The van der Waals surface area contributed by atoms with Crippen molar-refractivity contribution in [3.05, 3.63) is 50.4 Å². The molecular weight excluding hydrogens is 311 g/mol. The van der Waals surface area contributed by atoms with Gasteiger partial charge in [0.2, 0.25) is 0 Å². The third kappa shape index (κ3) is 3.82. The van der Waals surface area contributed by atoms with Crippen molar-refractivity contribution in [3.8, 4) is 11.8 Å². The van der Waals surface area contributed by atoms with Crippen molar-refractivity contribution in [2.45, 2.75) is 6.92 Å². The standard InChI is InChI=1S/C15H12ClFN2OS/c1-9-7-14(21-13(9)3-2-6-18)15(20)19-10-4-5-11(16)12(17)8-10/h4-5,7-8H,6,18H2,1H3,(H,19,20). The van der Waals surface area contributed by atoms with Crippen LogP contribution in [-0.4, -0.2) is 12.5 Å². The number of rotatable bonds is 2. The van der Waals surface area contributed by atoms with Crippen LogP contribution in [0.4, 0.5) is 10.1 Å². The summed E-state index contributed by atoms with van der Waals surface area (Å²) >= 11 is 6.87. The van der Waals surface area contributed by atoms with Gasteiger partial charge in [0.25, 0.3) is 5.91 Å². The number of hydrogen-bond donors (Lipinski definition) is 2. The molecule has 0 aliphatic heterocycles. The summed E-state index contributed by atoms with van der Waals surface area (Å²) in [5, 5.41) is 2.64. The van der Waals surface area contributed by atoms with Crippen molar-refractivity contribution < 1.29 is 9.18 Å². The molecule has 0 atom stereocenters. The van der Waals surface area contributed by atoms with Gasteiger partial charge in [-0.25, -0.2) is 4.39 Å². The van der Waals surface area contributed by atoms with Crippen LogP contribution in [0.15, 0.2) is 24.3 Å². The Morgan fingerprint density at radius 3 is 2.90 bits per heavy atom. The molecule has 0 unspecified atom stereocenters. The molecule has 0 aliphatic rings. The fourth-order valence-electron chi connectivity index (χ4n) is 1.62. The van der Waals surface area contributed by atoms with E-state index in [0.717, 1.165) is 10.4 Å². The molecule has 0 saturated carbocycles. The Kier molecular flexibility index (Phi) is 4.97. The third-order valence-electron chi connectivity index (χ3n) is 2.62. The van der Waals surface area contributed by atoms with Gasteiger partial charge in [0.1, 0.15) is 5.82 Å². The SMILES string of the molecule is Cc1cc(C(=O)Nc2ccc(Cl)c(F)c2)sc1C#CCN. The number of amides is 1. The lowest BCUT2D eigenvalue weighted by molar-refractivity contribution is 0.103. The molecule has 3 N–H and O–H groups in total. The summed E-state index contributed by atoms with van der Waals surface area (Å²) in [7, 11) is 0. The number of aryl methyl sites for hydroxylation is 1. The third-order valence-corrected chi connectivity index (χ3v) is 4.08. The van der Waals surface area contributed by atoms with Crippen LogP contribution < -0.4 is 11.1 Å². The first-order valence-corrected chi connectivity index (χ1v) is 7.26. The zero-order chi connectivity index (χ0) is 15.4. The van der Waals surface area contributed by atoms with Crippen molar-refractivity contribution in [3.63, 3.8) is 0 Å². The first kappa shape index (κ1) is 15.5. The molecule has 0 fully saturated rings. The molecule has 108 valence electrons. The average Bonchev–Trinajstić information content (AvgIpc) is 2.82. The number of carbonyl (C=O) groups excluding carboxylic acids is 1. The predicted molar refractivity (Wildman–Crippen MR) is 84.4 cm³/mol. The maximum absolute atomic E-state index is 13.3. The van der Waals surface area contributed by atoms with Gasteiger partial charge in [0.15, 0.2) is 0 Å². The smallest absolute Gasteiger partial charge is 0.265 e. The Balaban J connectivity index is 2.18. The molecule has 6 heteroatoms. The van der Waals surface area contributed by atoms with E-state index in [1.165, 1.54) is 23.5 Å². The second-order valence-corrected chi connectivity index (χ2v) is 5.67.